The molecule has 2 aromatic carbocycles. The number of hydrogen-bond acceptors (Lipinski definition) is 5. The number of benzene rings is 2. The van der Waals surface area contributed by atoms with Crippen LogP contribution in [0.5, 0.6) is 0 Å². The smallest absolute Gasteiger partial charge is 0.302 e. The molecule has 0 atom stereocenters. The molecule has 4 aromatic rings. The summed E-state index contributed by atoms with van der Waals surface area (Å²) in [5.74, 6) is -0.242. The van der Waals surface area contributed by atoms with Crippen LogP contribution in [0.2, 0.25) is 0 Å². The van der Waals surface area contributed by atoms with Crippen molar-refractivity contribution in [3.63, 3.8) is 0 Å². The van der Waals surface area contributed by atoms with Crippen LogP contribution < -0.4 is 16.6 Å². The normalized spacial score (nSPS) is 11.1. The Labute approximate surface area is 157 Å². The van der Waals surface area contributed by atoms with Crippen LogP contribution in [-0.2, 0) is 11.3 Å². The zero-order valence-corrected chi connectivity index (χ0v) is 15.3. The van der Waals surface area contributed by atoms with Gasteiger partial charge in [-0.25, -0.2) is 9.78 Å². The van der Waals surface area contributed by atoms with Crippen LogP contribution in [0.3, 0.4) is 0 Å². The molecule has 0 radical (unpaired) electrons. The minimum Gasteiger partial charge on any atom is -0.302 e. The molecule has 0 saturated heterocycles. The third-order valence-electron chi connectivity index (χ3n) is 4.33. The van der Waals surface area contributed by atoms with Crippen molar-refractivity contribution in [2.24, 2.45) is 0 Å². The number of fused-ring (bicyclic) bond motifs is 2. The average Bonchev–Trinajstić information content (AvgIpc) is 3.05. The zero-order chi connectivity index (χ0) is 19.0. The molecule has 1 amide bonds. The molecule has 2 aromatic heterocycles. The van der Waals surface area contributed by atoms with E-state index in [2.05, 4.69) is 15.3 Å². The Bertz CT molecular complexity index is 1290. The van der Waals surface area contributed by atoms with Gasteiger partial charge in [-0.3, -0.25) is 19.1 Å². The van der Waals surface area contributed by atoms with Crippen LogP contribution >= 0.6 is 11.3 Å². The Kier molecular flexibility index (Phi) is 4.33. The van der Waals surface area contributed by atoms with Gasteiger partial charge in [-0.15, -0.1) is 0 Å². The molecule has 0 bridgehead atoms. The molecule has 0 aliphatic heterocycles. The van der Waals surface area contributed by atoms with Gasteiger partial charge in [-0.05, 0) is 30.7 Å². The van der Waals surface area contributed by atoms with Crippen LogP contribution in [0.4, 0.5) is 5.13 Å². The lowest BCUT2D eigenvalue weighted by molar-refractivity contribution is -0.116. The van der Waals surface area contributed by atoms with Gasteiger partial charge in [0.25, 0.3) is 5.56 Å². The summed E-state index contributed by atoms with van der Waals surface area (Å²) in [7, 11) is 0. The third kappa shape index (κ3) is 3.26. The SMILES string of the molecule is Cc1cccc2sc(NC(=O)CCn3c(=O)[nH]c(=O)c4ccccc43)nc12. The molecule has 2 N–H and O–H groups in total. The number of anilines is 1. The standard InChI is InChI=1S/C19H16N4O3S/c1-11-5-4-8-14-16(11)21-18(27-14)20-15(24)9-10-23-13-7-3-2-6-12(13)17(25)22-19(23)26/h2-8H,9-10H2,1H3,(H,20,21,24)(H,22,25,26). The van der Waals surface area contributed by atoms with Crippen molar-refractivity contribution in [2.75, 3.05) is 5.32 Å². The number of aromatic nitrogens is 3. The number of carbonyl (C=O) groups is 1. The highest BCUT2D eigenvalue weighted by atomic mass is 32.1. The van der Waals surface area contributed by atoms with Crippen molar-refractivity contribution >= 4 is 43.5 Å². The Balaban J connectivity index is 1.54. The molecule has 27 heavy (non-hydrogen) atoms. The predicted molar refractivity (Wildman–Crippen MR) is 106 cm³/mol. The largest absolute Gasteiger partial charge is 0.328 e. The Morgan fingerprint density at radius 2 is 2.00 bits per heavy atom. The summed E-state index contributed by atoms with van der Waals surface area (Å²) < 4.78 is 2.41. The maximum absolute atomic E-state index is 12.3. The van der Waals surface area contributed by atoms with E-state index in [0.29, 0.717) is 16.0 Å². The fourth-order valence-corrected chi connectivity index (χ4v) is 3.96. The molecule has 8 heteroatoms. The van der Waals surface area contributed by atoms with E-state index >= 15 is 0 Å². The number of para-hydroxylation sites is 2. The Morgan fingerprint density at radius 1 is 1.19 bits per heavy atom. The van der Waals surface area contributed by atoms with Gasteiger partial charge in [0.1, 0.15) is 0 Å². The van der Waals surface area contributed by atoms with E-state index in [4.69, 9.17) is 0 Å². The maximum atomic E-state index is 12.3. The number of hydrogen-bond donors (Lipinski definition) is 2. The lowest BCUT2D eigenvalue weighted by atomic mass is 10.2. The number of H-pyrrole nitrogens is 1. The summed E-state index contributed by atoms with van der Waals surface area (Å²) in [6.07, 6.45) is 0.0881. The molecule has 136 valence electrons. The van der Waals surface area contributed by atoms with Crippen molar-refractivity contribution in [1.82, 2.24) is 14.5 Å². The van der Waals surface area contributed by atoms with Crippen molar-refractivity contribution < 1.29 is 4.79 Å². The maximum Gasteiger partial charge on any atom is 0.328 e. The topological polar surface area (TPSA) is 96.9 Å². The number of nitrogens with one attached hydrogen (secondary N) is 2. The average molecular weight is 380 g/mol. The zero-order valence-electron chi connectivity index (χ0n) is 14.5. The van der Waals surface area contributed by atoms with Crippen LogP contribution in [-0.4, -0.2) is 20.4 Å². The second-order valence-corrected chi connectivity index (χ2v) is 7.20. The second-order valence-electron chi connectivity index (χ2n) is 6.17. The summed E-state index contributed by atoms with van der Waals surface area (Å²) in [5, 5.41) is 3.74. The Morgan fingerprint density at radius 3 is 2.81 bits per heavy atom. The van der Waals surface area contributed by atoms with Gasteiger partial charge in [0.15, 0.2) is 5.13 Å². The number of thiazole rings is 1. The minimum atomic E-state index is -0.526. The van der Waals surface area contributed by atoms with E-state index in [1.165, 1.54) is 15.9 Å². The van der Waals surface area contributed by atoms with Crippen LogP contribution in [0, 0.1) is 6.92 Å². The van der Waals surface area contributed by atoms with Gasteiger partial charge in [-0.2, -0.15) is 0 Å². The molecule has 0 aliphatic carbocycles. The molecule has 7 nitrogen and oxygen atoms in total. The van der Waals surface area contributed by atoms with Crippen molar-refractivity contribution in [1.29, 1.82) is 0 Å². The summed E-state index contributed by atoms with van der Waals surface area (Å²) in [4.78, 5) is 43.1. The van der Waals surface area contributed by atoms with Crippen molar-refractivity contribution in [2.45, 2.75) is 19.9 Å². The molecular formula is C19H16N4O3S. The third-order valence-corrected chi connectivity index (χ3v) is 5.27. The highest BCUT2D eigenvalue weighted by Gasteiger charge is 2.11. The summed E-state index contributed by atoms with van der Waals surface area (Å²) in [6, 6.07) is 12.7. The quantitative estimate of drug-likeness (QED) is 0.569. The molecular weight excluding hydrogens is 364 g/mol. The molecule has 0 spiro atoms. The van der Waals surface area contributed by atoms with Crippen LogP contribution in [0.25, 0.3) is 21.1 Å². The van der Waals surface area contributed by atoms with Crippen LogP contribution in [0.1, 0.15) is 12.0 Å². The molecule has 0 saturated carbocycles. The van der Waals surface area contributed by atoms with Gasteiger partial charge in [0.2, 0.25) is 5.91 Å². The summed E-state index contributed by atoms with van der Waals surface area (Å²) in [5.41, 5.74) is 1.48. The summed E-state index contributed by atoms with van der Waals surface area (Å²) in [6.45, 7) is 2.13. The van der Waals surface area contributed by atoms with Crippen LogP contribution in [0.15, 0.2) is 52.1 Å². The monoisotopic (exact) mass is 380 g/mol. The number of amides is 1. The predicted octanol–water partition coefficient (Wildman–Crippen LogP) is 2.64. The van der Waals surface area contributed by atoms with E-state index < -0.39 is 11.2 Å². The fourth-order valence-electron chi connectivity index (χ4n) is 3.00. The molecule has 2 heterocycles. The number of rotatable bonds is 4. The van der Waals surface area contributed by atoms with Crippen molar-refractivity contribution in [3.05, 3.63) is 68.9 Å². The molecule has 0 unspecified atom stereocenters. The first-order chi connectivity index (χ1) is 13.0. The van der Waals surface area contributed by atoms with Crippen molar-refractivity contribution in [3.8, 4) is 0 Å². The fraction of sp³-hybridized carbons (Fsp3) is 0.158. The highest BCUT2D eigenvalue weighted by molar-refractivity contribution is 7.22. The summed E-state index contributed by atoms with van der Waals surface area (Å²) >= 11 is 1.41. The van der Waals surface area contributed by atoms with Gasteiger partial charge in [0, 0.05) is 13.0 Å². The van der Waals surface area contributed by atoms with E-state index in [1.807, 2.05) is 25.1 Å². The first-order valence-corrected chi connectivity index (χ1v) is 9.22. The second kappa shape index (κ2) is 6.81. The van der Waals surface area contributed by atoms with E-state index in [0.717, 1.165) is 15.8 Å². The van der Waals surface area contributed by atoms with Gasteiger partial charge in [-0.1, -0.05) is 35.6 Å². The number of nitrogens with zero attached hydrogens (tertiary/aromatic N) is 2. The first-order valence-electron chi connectivity index (χ1n) is 8.41. The molecule has 0 aliphatic rings. The Hall–Kier alpha value is -3.26. The number of aromatic amines is 1. The highest BCUT2D eigenvalue weighted by Crippen LogP contribution is 2.27. The van der Waals surface area contributed by atoms with E-state index in [9.17, 15) is 14.4 Å². The van der Waals surface area contributed by atoms with E-state index in [-0.39, 0.29) is 18.9 Å². The number of aryl methyl sites for hydroxylation is 2. The minimum absolute atomic E-state index is 0.0881. The van der Waals surface area contributed by atoms with Gasteiger partial charge in [0.05, 0.1) is 21.1 Å². The first kappa shape index (κ1) is 17.2. The van der Waals surface area contributed by atoms with E-state index in [1.54, 1.807) is 24.3 Å². The number of carbonyl (C=O) groups excluding carboxylic acids is 1. The van der Waals surface area contributed by atoms with Gasteiger partial charge >= 0.3 is 5.69 Å². The lowest BCUT2D eigenvalue weighted by Crippen LogP contribution is -2.31. The molecule has 4 rings (SSSR count). The molecule has 0 fully saturated rings. The lowest BCUT2D eigenvalue weighted by Gasteiger charge is -2.08. The van der Waals surface area contributed by atoms with Gasteiger partial charge < -0.3 is 5.32 Å².